The van der Waals surface area contributed by atoms with Gasteiger partial charge in [0.25, 0.3) is 0 Å². The largest absolute Gasteiger partial charge is 0.288 e. The first kappa shape index (κ1) is 9.15. The Hall–Kier alpha value is -0.850. The van der Waals surface area contributed by atoms with Crippen LogP contribution in [0, 0.1) is 0 Å². The van der Waals surface area contributed by atoms with Crippen molar-refractivity contribution >= 4 is 5.71 Å². The van der Waals surface area contributed by atoms with Gasteiger partial charge in [-0.25, -0.2) is 0 Å². The van der Waals surface area contributed by atoms with E-state index < -0.39 is 0 Å². The van der Waals surface area contributed by atoms with Crippen LogP contribution in [0.5, 0.6) is 0 Å². The molecular weight excluding hydrogens is 122 g/mol. The van der Waals surface area contributed by atoms with Crippen LogP contribution < -0.4 is 0 Å². The highest BCUT2D eigenvalue weighted by Gasteiger charge is 1.89. The van der Waals surface area contributed by atoms with E-state index in [1.54, 1.807) is 7.05 Å². The Kier molecular flexibility index (Phi) is 4.55. The van der Waals surface area contributed by atoms with Crippen molar-refractivity contribution in [2.24, 2.45) is 4.99 Å². The van der Waals surface area contributed by atoms with Crippen molar-refractivity contribution in [3.8, 4) is 0 Å². The van der Waals surface area contributed by atoms with E-state index in [2.05, 4.69) is 24.6 Å². The molecule has 0 aromatic carbocycles. The van der Waals surface area contributed by atoms with Gasteiger partial charge in [0, 0.05) is 7.05 Å². The van der Waals surface area contributed by atoms with E-state index in [0.29, 0.717) is 0 Å². The molecule has 0 N–H and O–H groups in total. The summed E-state index contributed by atoms with van der Waals surface area (Å²) in [7, 11) is 1.78. The smallest absolute Gasteiger partial charge is 0.0590 e. The average Bonchev–Trinajstić information content (AvgIpc) is 1.89. The molecule has 10 heavy (non-hydrogen) atoms. The third-order valence-electron chi connectivity index (χ3n) is 1.19. The minimum atomic E-state index is 0.988. The first-order valence-corrected chi connectivity index (χ1v) is 3.51. The van der Waals surface area contributed by atoms with E-state index in [-0.39, 0.29) is 0 Å². The fourth-order valence-corrected chi connectivity index (χ4v) is 0.637. The van der Waals surface area contributed by atoms with E-state index in [9.17, 15) is 0 Å². The van der Waals surface area contributed by atoms with Gasteiger partial charge in [-0.1, -0.05) is 19.6 Å². The number of rotatable bonds is 3. The van der Waals surface area contributed by atoms with Crippen LogP contribution in [0.2, 0.25) is 0 Å². The zero-order valence-corrected chi connectivity index (χ0v) is 7.02. The van der Waals surface area contributed by atoms with Gasteiger partial charge in [0.2, 0.25) is 0 Å². The fourth-order valence-electron chi connectivity index (χ4n) is 0.637. The Bertz CT molecular complexity index is 164. The number of hydrogen-bond donors (Lipinski definition) is 0. The Morgan fingerprint density at radius 1 is 1.60 bits per heavy atom. The van der Waals surface area contributed by atoms with Crippen molar-refractivity contribution in [3.63, 3.8) is 0 Å². The van der Waals surface area contributed by atoms with Crippen LogP contribution >= 0.6 is 0 Å². The zero-order valence-electron chi connectivity index (χ0n) is 7.02. The quantitative estimate of drug-likeness (QED) is 0.530. The molecular formula is C9H15N. The lowest BCUT2D eigenvalue weighted by atomic mass is 10.2. The normalized spacial score (nSPS) is 12.5. The SMILES string of the molecule is C=C(C)C(/C=C\CC)=NC. The molecule has 0 amide bonds. The Balaban J connectivity index is 4.12. The van der Waals surface area contributed by atoms with Crippen LogP contribution in [-0.4, -0.2) is 12.8 Å². The zero-order chi connectivity index (χ0) is 7.98. The second-order valence-corrected chi connectivity index (χ2v) is 2.20. The minimum absolute atomic E-state index is 0.988. The van der Waals surface area contributed by atoms with Crippen molar-refractivity contribution in [2.75, 3.05) is 7.05 Å². The van der Waals surface area contributed by atoms with E-state index in [1.165, 1.54) is 0 Å². The van der Waals surface area contributed by atoms with Crippen LogP contribution in [0.1, 0.15) is 20.3 Å². The lowest BCUT2D eigenvalue weighted by Crippen LogP contribution is -1.92. The number of hydrogen-bond acceptors (Lipinski definition) is 1. The summed E-state index contributed by atoms with van der Waals surface area (Å²) < 4.78 is 0. The standard InChI is InChI=1S/C9H15N/c1-5-6-7-9(10-4)8(2)3/h6-7H,2,5H2,1,3-4H3/b7-6-,10-9?. The monoisotopic (exact) mass is 137 g/mol. The molecule has 1 heteroatoms. The molecule has 0 aliphatic rings. The molecule has 0 aromatic heterocycles. The molecule has 0 heterocycles. The summed E-state index contributed by atoms with van der Waals surface area (Å²) in [4.78, 5) is 4.06. The van der Waals surface area contributed by atoms with Crippen LogP contribution in [0.25, 0.3) is 0 Å². The van der Waals surface area contributed by atoms with Crippen molar-refractivity contribution in [2.45, 2.75) is 20.3 Å². The molecule has 0 radical (unpaired) electrons. The highest BCUT2D eigenvalue weighted by molar-refractivity contribution is 6.07. The number of nitrogens with zero attached hydrogens (tertiary/aromatic N) is 1. The molecule has 0 unspecified atom stereocenters. The Morgan fingerprint density at radius 3 is 2.50 bits per heavy atom. The second-order valence-electron chi connectivity index (χ2n) is 2.20. The summed E-state index contributed by atoms with van der Waals surface area (Å²) in [5, 5.41) is 0. The van der Waals surface area contributed by atoms with Gasteiger partial charge in [-0.15, -0.1) is 0 Å². The molecule has 0 spiro atoms. The number of aliphatic imine (C=N–C) groups is 1. The summed E-state index contributed by atoms with van der Waals surface area (Å²) >= 11 is 0. The lowest BCUT2D eigenvalue weighted by Gasteiger charge is -1.95. The summed E-state index contributed by atoms with van der Waals surface area (Å²) in [5.74, 6) is 0. The summed E-state index contributed by atoms with van der Waals surface area (Å²) in [6.45, 7) is 7.86. The predicted molar refractivity (Wildman–Crippen MR) is 47.6 cm³/mol. The van der Waals surface area contributed by atoms with Crippen LogP contribution in [0.4, 0.5) is 0 Å². The van der Waals surface area contributed by atoms with Crippen LogP contribution in [0.15, 0.2) is 29.3 Å². The van der Waals surface area contributed by atoms with E-state index in [4.69, 9.17) is 0 Å². The third kappa shape index (κ3) is 3.23. The molecule has 0 aromatic rings. The van der Waals surface area contributed by atoms with Crippen molar-refractivity contribution in [1.82, 2.24) is 0 Å². The van der Waals surface area contributed by atoms with Crippen molar-refractivity contribution in [3.05, 3.63) is 24.3 Å². The molecule has 0 saturated heterocycles. The third-order valence-corrected chi connectivity index (χ3v) is 1.19. The maximum Gasteiger partial charge on any atom is 0.0590 e. The molecule has 0 atom stereocenters. The molecule has 0 saturated carbocycles. The summed E-state index contributed by atoms with van der Waals surface area (Å²) in [6, 6.07) is 0. The maximum atomic E-state index is 4.06. The van der Waals surface area contributed by atoms with Crippen LogP contribution in [-0.2, 0) is 0 Å². The topological polar surface area (TPSA) is 12.4 Å². The lowest BCUT2D eigenvalue weighted by molar-refractivity contribution is 1.22. The minimum Gasteiger partial charge on any atom is -0.288 e. The number of allylic oxidation sites excluding steroid dienone is 3. The summed E-state index contributed by atoms with van der Waals surface area (Å²) in [5.41, 5.74) is 2.01. The first-order valence-electron chi connectivity index (χ1n) is 3.51. The van der Waals surface area contributed by atoms with E-state index >= 15 is 0 Å². The van der Waals surface area contributed by atoms with Gasteiger partial charge in [0.15, 0.2) is 0 Å². The highest BCUT2D eigenvalue weighted by atomic mass is 14.7. The molecule has 0 rings (SSSR count). The molecule has 1 nitrogen and oxygen atoms in total. The average molecular weight is 137 g/mol. The molecule has 56 valence electrons. The van der Waals surface area contributed by atoms with Crippen molar-refractivity contribution < 1.29 is 0 Å². The Labute approximate surface area is 63.2 Å². The van der Waals surface area contributed by atoms with Gasteiger partial charge < -0.3 is 0 Å². The van der Waals surface area contributed by atoms with Gasteiger partial charge in [0.1, 0.15) is 0 Å². The van der Waals surface area contributed by atoms with Crippen molar-refractivity contribution in [1.29, 1.82) is 0 Å². The summed E-state index contributed by atoms with van der Waals surface area (Å²) in [6.07, 6.45) is 5.13. The van der Waals surface area contributed by atoms with E-state index in [1.807, 2.05) is 13.0 Å². The fraction of sp³-hybridized carbons (Fsp3) is 0.444. The molecule has 0 aliphatic carbocycles. The molecule has 0 fully saturated rings. The van der Waals surface area contributed by atoms with E-state index in [0.717, 1.165) is 17.7 Å². The van der Waals surface area contributed by atoms with Gasteiger partial charge in [-0.05, 0) is 25.0 Å². The van der Waals surface area contributed by atoms with Gasteiger partial charge in [-0.3, -0.25) is 4.99 Å². The highest BCUT2D eigenvalue weighted by Crippen LogP contribution is 1.95. The van der Waals surface area contributed by atoms with Gasteiger partial charge in [0.05, 0.1) is 5.71 Å². The molecule has 0 bridgehead atoms. The van der Waals surface area contributed by atoms with Gasteiger partial charge in [-0.2, -0.15) is 0 Å². The second kappa shape index (κ2) is 4.98. The predicted octanol–water partition coefficient (Wildman–Crippen LogP) is 2.60. The Morgan fingerprint density at radius 2 is 2.20 bits per heavy atom. The van der Waals surface area contributed by atoms with Crippen LogP contribution in [0.3, 0.4) is 0 Å². The molecule has 0 aliphatic heterocycles. The first-order chi connectivity index (χ1) is 4.72. The van der Waals surface area contributed by atoms with Gasteiger partial charge >= 0.3 is 0 Å². The maximum absolute atomic E-state index is 4.06.